The molecule has 0 aliphatic carbocycles. The molecule has 0 bridgehead atoms. The van der Waals surface area contributed by atoms with Crippen LogP contribution in [0.25, 0.3) is 0 Å². The molecule has 0 radical (unpaired) electrons. The van der Waals surface area contributed by atoms with Crippen LogP contribution in [0.2, 0.25) is 5.02 Å². The van der Waals surface area contributed by atoms with E-state index in [9.17, 15) is 13.2 Å². The van der Waals surface area contributed by atoms with Gasteiger partial charge in [-0.2, -0.15) is 0 Å². The average molecular weight is 355 g/mol. The number of benzene rings is 2. The maximum Gasteiger partial charge on any atom is 0.255 e. The first-order chi connectivity index (χ1) is 10.9. The molecule has 1 amide bonds. The maximum atomic E-state index is 12.3. The number of hydrogen-bond donors (Lipinski definition) is 2. The van der Waals surface area contributed by atoms with Crippen molar-refractivity contribution in [2.24, 2.45) is 5.73 Å². The number of nitrogens with two attached hydrogens (primary N) is 1. The number of carbonyl (C=O) groups is 1. The molecule has 122 valence electrons. The smallest absolute Gasteiger partial charge is 0.255 e. The molecule has 0 aliphatic rings. The molecule has 0 heterocycles. The van der Waals surface area contributed by atoms with Crippen LogP contribution < -0.4 is 15.2 Å². The van der Waals surface area contributed by atoms with Crippen LogP contribution in [0.15, 0.2) is 53.4 Å². The molecule has 0 unspecified atom stereocenters. The van der Waals surface area contributed by atoms with Gasteiger partial charge in [-0.1, -0.05) is 41.9 Å². The Hall–Kier alpha value is -2.09. The van der Waals surface area contributed by atoms with Crippen LogP contribution in [0.5, 0.6) is 5.75 Å². The van der Waals surface area contributed by atoms with E-state index < -0.39 is 15.9 Å². The fourth-order valence-corrected chi connectivity index (χ4v) is 3.12. The van der Waals surface area contributed by atoms with Gasteiger partial charge in [-0.05, 0) is 23.8 Å². The van der Waals surface area contributed by atoms with Gasteiger partial charge in [0.15, 0.2) is 6.61 Å². The Kier molecular flexibility index (Phi) is 5.59. The standard InChI is InChI=1S/C15H15ClN2O4S/c16-13-8-12(6-7-14(13)22-10-15(17)19)23(20,21)18-9-11-4-2-1-3-5-11/h1-8,18H,9-10H2,(H2,17,19). The molecular weight excluding hydrogens is 340 g/mol. The number of carbonyl (C=O) groups excluding carboxylic acids is 1. The quantitative estimate of drug-likeness (QED) is 0.790. The van der Waals surface area contributed by atoms with Crippen molar-refractivity contribution >= 4 is 27.5 Å². The summed E-state index contributed by atoms with van der Waals surface area (Å²) in [5.41, 5.74) is 5.81. The minimum Gasteiger partial charge on any atom is -0.482 e. The second-order valence-electron chi connectivity index (χ2n) is 4.66. The Labute approximate surface area is 139 Å². The number of rotatable bonds is 7. The largest absolute Gasteiger partial charge is 0.482 e. The zero-order chi connectivity index (χ0) is 16.9. The maximum absolute atomic E-state index is 12.3. The van der Waals surface area contributed by atoms with E-state index in [1.54, 1.807) is 0 Å². The summed E-state index contributed by atoms with van der Waals surface area (Å²) in [5.74, 6) is -0.463. The van der Waals surface area contributed by atoms with Crippen LogP contribution in [0, 0.1) is 0 Å². The van der Waals surface area contributed by atoms with E-state index in [-0.39, 0.29) is 28.8 Å². The van der Waals surface area contributed by atoms with Crippen molar-refractivity contribution in [1.29, 1.82) is 0 Å². The van der Waals surface area contributed by atoms with E-state index in [1.807, 2.05) is 30.3 Å². The molecule has 0 atom stereocenters. The summed E-state index contributed by atoms with van der Waals surface area (Å²) >= 11 is 5.97. The Balaban J connectivity index is 2.10. The lowest BCUT2D eigenvalue weighted by Gasteiger charge is -2.10. The summed E-state index contributed by atoms with van der Waals surface area (Å²) in [6.45, 7) is -0.168. The molecule has 23 heavy (non-hydrogen) atoms. The number of nitrogens with one attached hydrogen (secondary N) is 1. The first kappa shape index (κ1) is 17.3. The Morgan fingerprint density at radius 3 is 2.48 bits per heavy atom. The molecule has 2 aromatic rings. The predicted octanol–water partition coefficient (Wildman–Crippen LogP) is 1.68. The van der Waals surface area contributed by atoms with Crippen molar-refractivity contribution in [2.75, 3.05) is 6.61 Å². The lowest BCUT2D eigenvalue weighted by atomic mass is 10.2. The highest BCUT2D eigenvalue weighted by atomic mass is 35.5. The molecule has 8 heteroatoms. The third-order valence-corrected chi connectivity index (χ3v) is 4.59. The molecule has 3 N–H and O–H groups in total. The fourth-order valence-electron chi connectivity index (χ4n) is 1.77. The molecular formula is C15H15ClN2O4S. The van der Waals surface area contributed by atoms with Crippen LogP contribution in [-0.4, -0.2) is 20.9 Å². The van der Waals surface area contributed by atoms with E-state index >= 15 is 0 Å². The molecule has 0 aromatic heterocycles. The van der Waals surface area contributed by atoms with E-state index in [4.69, 9.17) is 22.1 Å². The van der Waals surface area contributed by atoms with Gasteiger partial charge in [0.25, 0.3) is 5.91 Å². The zero-order valence-electron chi connectivity index (χ0n) is 12.0. The Bertz CT molecular complexity index is 794. The van der Waals surface area contributed by atoms with Crippen LogP contribution in [-0.2, 0) is 21.4 Å². The first-order valence-electron chi connectivity index (χ1n) is 6.63. The van der Waals surface area contributed by atoms with Crippen LogP contribution >= 0.6 is 11.6 Å². The number of primary amides is 1. The second kappa shape index (κ2) is 7.45. The minimum absolute atomic E-state index is 0.00450. The van der Waals surface area contributed by atoms with Gasteiger partial charge < -0.3 is 10.5 Å². The van der Waals surface area contributed by atoms with Crippen molar-refractivity contribution in [3.8, 4) is 5.75 Å². The average Bonchev–Trinajstić information content (AvgIpc) is 2.52. The molecule has 0 spiro atoms. The number of ether oxygens (including phenoxy) is 1. The van der Waals surface area contributed by atoms with Gasteiger partial charge in [0.2, 0.25) is 10.0 Å². The number of hydrogen-bond acceptors (Lipinski definition) is 4. The normalized spacial score (nSPS) is 11.2. The Morgan fingerprint density at radius 1 is 1.17 bits per heavy atom. The topological polar surface area (TPSA) is 98.5 Å². The SMILES string of the molecule is NC(=O)COc1ccc(S(=O)(=O)NCc2ccccc2)cc1Cl. The molecule has 2 rings (SSSR count). The molecule has 0 aliphatic heterocycles. The molecule has 0 saturated heterocycles. The number of halogens is 1. The summed E-state index contributed by atoms with van der Waals surface area (Å²) < 4.78 is 32.1. The molecule has 0 fully saturated rings. The van der Waals surface area contributed by atoms with Gasteiger partial charge in [-0.25, -0.2) is 13.1 Å². The van der Waals surface area contributed by atoms with E-state index in [2.05, 4.69) is 4.72 Å². The monoisotopic (exact) mass is 354 g/mol. The third-order valence-electron chi connectivity index (χ3n) is 2.89. The Morgan fingerprint density at radius 2 is 1.87 bits per heavy atom. The van der Waals surface area contributed by atoms with Crippen LogP contribution in [0.4, 0.5) is 0 Å². The van der Waals surface area contributed by atoms with Crippen molar-refractivity contribution in [2.45, 2.75) is 11.4 Å². The van der Waals surface area contributed by atoms with Crippen molar-refractivity contribution < 1.29 is 17.9 Å². The lowest BCUT2D eigenvalue weighted by molar-refractivity contribution is -0.119. The highest BCUT2D eigenvalue weighted by Gasteiger charge is 2.16. The van der Waals surface area contributed by atoms with Gasteiger partial charge in [-0.3, -0.25) is 4.79 Å². The van der Waals surface area contributed by atoms with Gasteiger partial charge in [0, 0.05) is 6.54 Å². The summed E-state index contributed by atoms with van der Waals surface area (Å²) in [4.78, 5) is 10.7. The van der Waals surface area contributed by atoms with Crippen LogP contribution in [0.3, 0.4) is 0 Å². The lowest BCUT2D eigenvalue weighted by Crippen LogP contribution is -2.23. The summed E-state index contributed by atoms with van der Waals surface area (Å²) in [6.07, 6.45) is 0. The highest BCUT2D eigenvalue weighted by molar-refractivity contribution is 7.89. The van der Waals surface area contributed by atoms with E-state index in [0.717, 1.165) is 5.56 Å². The van der Waals surface area contributed by atoms with Crippen molar-refractivity contribution in [3.05, 3.63) is 59.1 Å². The summed E-state index contributed by atoms with van der Waals surface area (Å²) in [6, 6.07) is 13.1. The minimum atomic E-state index is -3.71. The second-order valence-corrected chi connectivity index (χ2v) is 6.83. The van der Waals surface area contributed by atoms with E-state index in [0.29, 0.717) is 0 Å². The van der Waals surface area contributed by atoms with Gasteiger partial charge >= 0.3 is 0 Å². The molecule has 0 saturated carbocycles. The van der Waals surface area contributed by atoms with Crippen molar-refractivity contribution in [1.82, 2.24) is 4.72 Å². The zero-order valence-corrected chi connectivity index (χ0v) is 13.6. The van der Waals surface area contributed by atoms with E-state index in [1.165, 1.54) is 18.2 Å². The first-order valence-corrected chi connectivity index (χ1v) is 8.49. The molecule has 2 aromatic carbocycles. The number of sulfonamides is 1. The number of amides is 1. The summed E-state index contributed by atoms with van der Waals surface area (Å²) in [7, 11) is -3.71. The van der Waals surface area contributed by atoms with Gasteiger partial charge in [0.1, 0.15) is 5.75 Å². The fraction of sp³-hybridized carbons (Fsp3) is 0.133. The molecule has 6 nitrogen and oxygen atoms in total. The predicted molar refractivity (Wildman–Crippen MR) is 86.6 cm³/mol. The van der Waals surface area contributed by atoms with Gasteiger partial charge in [-0.15, -0.1) is 0 Å². The van der Waals surface area contributed by atoms with Crippen LogP contribution in [0.1, 0.15) is 5.56 Å². The van der Waals surface area contributed by atoms with Crippen molar-refractivity contribution in [3.63, 3.8) is 0 Å². The highest BCUT2D eigenvalue weighted by Crippen LogP contribution is 2.27. The summed E-state index contributed by atoms with van der Waals surface area (Å²) in [5, 5.41) is 0.0776. The third kappa shape index (κ3) is 4.95. The van der Waals surface area contributed by atoms with Gasteiger partial charge in [0.05, 0.1) is 9.92 Å².